The van der Waals surface area contributed by atoms with Crippen LogP contribution in [0, 0.1) is 19.7 Å². The second-order valence-electron chi connectivity index (χ2n) is 4.10. The minimum absolute atomic E-state index is 0.130. The lowest BCUT2D eigenvalue weighted by atomic mass is 10.1. The summed E-state index contributed by atoms with van der Waals surface area (Å²) in [6.07, 6.45) is 1.82. The Morgan fingerprint density at radius 3 is 2.38 bits per heavy atom. The summed E-state index contributed by atoms with van der Waals surface area (Å²) >= 11 is 0. The molecule has 0 fully saturated rings. The smallest absolute Gasteiger partial charge is 0.129 e. The molecule has 0 unspecified atom stereocenters. The number of rotatable bonds is 4. The molecular formula is C13H19FN2. The molecule has 0 aliphatic carbocycles. The first kappa shape index (κ1) is 12.7. The quantitative estimate of drug-likeness (QED) is 0.617. The van der Waals surface area contributed by atoms with Crippen LogP contribution in [-0.2, 0) is 6.54 Å². The normalized spacial score (nSPS) is 11.9. The van der Waals surface area contributed by atoms with Gasteiger partial charge < -0.3 is 5.73 Å². The lowest BCUT2D eigenvalue weighted by Gasteiger charge is -2.05. The highest BCUT2D eigenvalue weighted by Gasteiger charge is 2.03. The third kappa shape index (κ3) is 3.33. The van der Waals surface area contributed by atoms with Crippen LogP contribution in [0.5, 0.6) is 0 Å². The van der Waals surface area contributed by atoms with Crippen molar-refractivity contribution in [1.82, 2.24) is 0 Å². The molecule has 0 amide bonds. The van der Waals surface area contributed by atoms with Crippen LogP contribution in [-0.4, -0.2) is 5.84 Å². The van der Waals surface area contributed by atoms with Gasteiger partial charge >= 0.3 is 0 Å². The third-order valence-corrected chi connectivity index (χ3v) is 2.47. The van der Waals surface area contributed by atoms with E-state index in [1.54, 1.807) is 13.8 Å². The fraction of sp³-hybridized carbons (Fsp3) is 0.462. The van der Waals surface area contributed by atoms with Crippen LogP contribution in [0.2, 0.25) is 0 Å². The molecule has 0 bridgehead atoms. The number of aryl methyl sites for hydroxylation is 2. The van der Waals surface area contributed by atoms with E-state index >= 15 is 0 Å². The summed E-state index contributed by atoms with van der Waals surface area (Å²) in [6.45, 7) is 6.14. The van der Waals surface area contributed by atoms with Gasteiger partial charge in [0.1, 0.15) is 5.82 Å². The molecule has 0 heterocycles. The van der Waals surface area contributed by atoms with Crippen LogP contribution in [0.15, 0.2) is 17.1 Å². The number of hydrogen-bond donors (Lipinski definition) is 1. The highest BCUT2D eigenvalue weighted by Crippen LogP contribution is 2.15. The van der Waals surface area contributed by atoms with Gasteiger partial charge in [-0.1, -0.05) is 19.1 Å². The first-order chi connectivity index (χ1) is 7.54. The van der Waals surface area contributed by atoms with Crippen LogP contribution in [0.4, 0.5) is 4.39 Å². The van der Waals surface area contributed by atoms with Gasteiger partial charge in [0.2, 0.25) is 0 Å². The van der Waals surface area contributed by atoms with Gasteiger partial charge in [-0.2, -0.15) is 0 Å². The van der Waals surface area contributed by atoms with E-state index in [4.69, 9.17) is 5.73 Å². The Labute approximate surface area is 96.4 Å². The monoisotopic (exact) mass is 222 g/mol. The van der Waals surface area contributed by atoms with Crippen molar-refractivity contribution in [3.63, 3.8) is 0 Å². The van der Waals surface area contributed by atoms with Gasteiger partial charge in [-0.3, -0.25) is 4.99 Å². The van der Waals surface area contributed by atoms with Crippen LogP contribution >= 0.6 is 0 Å². The van der Waals surface area contributed by atoms with Crippen LogP contribution < -0.4 is 5.73 Å². The maximum absolute atomic E-state index is 13.4. The van der Waals surface area contributed by atoms with Gasteiger partial charge in [0.15, 0.2) is 0 Å². The molecule has 0 atom stereocenters. The van der Waals surface area contributed by atoms with E-state index in [2.05, 4.69) is 11.9 Å². The van der Waals surface area contributed by atoms with Crippen LogP contribution in [0.3, 0.4) is 0 Å². The average molecular weight is 222 g/mol. The lowest BCUT2D eigenvalue weighted by Crippen LogP contribution is -2.11. The van der Waals surface area contributed by atoms with E-state index in [9.17, 15) is 4.39 Å². The topological polar surface area (TPSA) is 38.4 Å². The summed E-state index contributed by atoms with van der Waals surface area (Å²) < 4.78 is 13.4. The molecule has 0 aliphatic rings. The Balaban J connectivity index is 2.79. The Morgan fingerprint density at radius 2 is 1.88 bits per heavy atom. The minimum Gasteiger partial charge on any atom is -0.387 e. The molecule has 3 heteroatoms. The number of amidine groups is 1. The lowest BCUT2D eigenvalue weighted by molar-refractivity contribution is 0.608. The van der Waals surface area contributed by atoms with Gasteiger partial charge in [-0.25, -0.2) is 4.39 Å². The molecule has 2 nitrogen and oxygen atoms in total. The Hall–Kier alpha value is -1.38. The van der Waals surface area contributed by atoms with E-state index in [1.165, 1.54) is 0 Å². The number of halogens is 1. The molecule has 0 saturated carbocycles. The summed E-state index contributed by atoms with van der Waals surface area (Å²) in [5.74, 6) is 0.538. The molecule has 1 rings (SSSR count). The standard InChI is InChI=1S/C13H19FN2/c1-4-5-12(15)16-8-11-6-9(2)13(14)10(3)7-11/h6-7H,4-5,8H2,1-3H3,(H2,15,16). The number of aliphatic imine (C=N–C) groups is 1. The molecule has 88 valence electrons. The van der Waals surface area contributed by atoms with E-state index in [-0.39, 0.29) is 5.82 Å². The van der Waals surface area contributed by atoms with Crippen molar-refractivity contribution < 1.29 is 4.39 Å². The van der Waals surface area contributed by atoms with Crippen LogP contribution in [0.1, 0.15) is 36.5 Å². The van der Waals surface area contributed by atoms with Gasteiger partial charge in [-0.05, 0) is 37.0 Å². The average Bonchev–Trinajstić information content (AvgIpc) is 2.23. The first-order valence-corrected chi connectivity index (χ1v) is 5.59. The second kappa shape index (κ2) is 5.64. The molecule has 0 aliphatic heterocycles. The molecule has 0 radical (unpaired) electrons. The molecule has 0 aromatic heterocycles. The Morgan fingerprint density at radius 1 is 1.31 bits per heavy atom. The summed E-state index contributed by atoms with van der Waals surface area (Å²) in [5.41, 5.74) is 8.06. The van der Waals surface area contributed by atoms with Crippen molar-refractivity contribution in [2.75, 3.05) is 0 Å². The van der Waals surface area contributed by atoms with Crippen LogP contribution in [0.25, 0.3) is 0 Å². The molecule has 0 spiro atoms. The van der Waals surface area contributed by atoms with Crippen molar-refractivity contribution in [2.45, 2.75) is 40.2 Å². The summed E-state index contributed by atoms with van der Waals surface area (Å²) in [4.78, 5) is 4.27. The number of hydrogen-bond acceptors (Lipinski definition) is 1. The fourth-order valence-corrected chi connectivity index (χ4v) is 1.65. The summed E-state index contributed by atoms with van der Waals surface area (Å²) in [5, 5.41) is 0. The van der Waals surface area contributed by atoms with Crippen molar-refractivity contribution in [1.29, 1.82) is 0 Å². The maximum atomic E-state index is 13.4. The van der Waals surface area contributed by atoms with E-state index in [0.717, 1.165) is 18.4 Å². The minimum atomic E-state index is -0.130. The van der Waals surface area contributed by atoms with Crippen molar-refractivity contribution in [3.05, 3.63) is 34.6 Å². The molecular weight excluding hydrogens is 203 g/mol. The largest absolute Gasteiger partial charge is 0.387 e. The predicted molar refractivity (Wildman–Crippen MR) is 66.1 cm³/mol. The van der Waals surface area contributed by atoms with Gasteiger partial charge in [0.05, 0.1) is 12.4 Å². The number of nitrogens with two attached hydrogens (primary N) is 1. The predicted octanol–water partition coefficient (Wildman–Crippen LogP) is 3.10. The summed E-state index contributed by atoms with van der Waals surface area (Å²) in [7, 11) is 0. The third-order valence-electron chi connectivity index (χ3n) is 2.47. The first-order valence-electron chi connectivity index (χ1n) is 5.59. The number of nitrogens with zero attached hydrogens (tertiary/aromatic N) is 1. The zero-order valence-corrected chi connectivity index (χ0v) is 10.2. The van der Waals surface area contributed by atoms with Crippen molar-refractivity contribution in [2.24, 2.45) is 10.7 Å². The highest BCUT2D eigenvalue weighted by molar-refractivity contribution is 5.80. The molecule has 1 aromatic carbocycles. The van der Waals surface area contributed by atoms with E-state index in [1.807, 2.05) is 12.1 Å². The van der Waals surface area contributed by atoms with E-state index < -0.39 is 0 Å². The van der Waals surface area contributed by atoms with Gasteiger partial charge in [-0.15, -0.1) is 0 Å². The van der Waals surface area contributed by atoms with E-state index in [0.29, 0.717) is 23.5 Å². The molecule has 1 aromatic rings. The fourth-order valence-electron chi connectivity index (χ4n) is 1.65. The van der Waals surface area contributed by atoms with Gasteiger partial charge in [0, 0.05) is 6.42 Å². The van der Waals surface area contributed by atoms with Gasteiger partial charge in [0.25, 0.3) is 0 Å². The molecule has 16 heavy (non-hydrogen) atoms. The zero-order chi connectivity index (χ0) is 12.1. The SMILES string of the molecule is CCCC(N)=NCc1cc(C)c(F)c(C)c1. The maximum Gasteiger partial charge on any atom is 0.129 e. The Kier molecular flexibility index (Phi) is 4.47. The molecule has 0 saturated heterocycles. The Bertz CT molecular complexity index is 374. The number of benzene rings is 1. The van der Waals surface area contributed by atoms with Crippen molar-refractivity contribution in [3.8, 4) is 0 Å². The second-order valence-corrected chi connectivity index (χ2v) is 4.10. The summed E-state index contributed by atoms with van der Waals surface area (Å²) in [6, 6.07) is 3.65. The highest BCUT2D eigenvalue weighted by atomic mass is 19.1. The zero-order valence-electron chi connectivity index (χ0n) is 10.2. The molecule has 2 N–H and O–H groups in total. The van der Waals surface area contributed by atoms with Crippen molar-refractivity contribution >= 4 is 5.84 Å².